The van der Waals surface area contributed by atoms with Gasteiger partial charge in [-0.15, -0.1) is 11.3 Å². The normalized spacial score (nSPS) is 16.9. The number of ketones is 1. The first-order valence-electron chi connectivity index (χ1n) is 10.2. The Bertz CT molecular complexity index is 1190. The van der Waals surface area contributed by atoms with Gasteiger partial charge in [0.15, 0.2) is 5.76 Å². The number of nitrogens with one attached hydrogen (secondary N) is 1. The van der Waals surface area contributed by atoms with Crippen LogP contribution in [0.3, 0.4) is 0 Å². The summed E-state index contributed by atoms with van der Waals surface area (Å²) in [4.78, 5) is 38.4. The molecule has 7 nitrogen and oxygen atoms in total. The molecule has 0 bridgehead atoms. The fraction of sp³-hybridized carbons (Fsp3) is 0.348. The number of aryl methyl sites for hydroxylation is 2. The van der Waals surface area contributed by atoms with Crippen LogP contribution in [0.4, 0.5) is 0 Å². The maximum Gasteiger partial charge on any atom is 0.290 e. The largest absolute Gasteiger partial charge is 0.503 e. The lowest BCUT2D eigenvalue weighted by Crippen LogP contribution is -2.33. The molecule has 0 saturated heterocycles. The number of aliphatic hydroxyl groups excluding tert-OH is 1. The molecule has 1 aliphatic heterocycles. The Kier molecular flexibility index (Phi) is 5.68. The number of nitrogens with zero attached hydrogens (tertiary/aromatic N) is 3. The van der Waals surface area contributed by atoms with Gasteiger partial charge < -0.3 is 19.9 Å². The van der Waals surface area contributed by atoms with Crippen LogP contribution in [0.25, 0.3) is 10.9 Å². The Balaban J connectivity index is 1.82. The number of para-hydroxylation sites is 1. The fourth-order valence-electron chi connectivity index (χ4n) is 4.18. The quantitative estimate of drug-likeness (QED) is 0.548. The third-order valence-corrected chi connectivity index (χ3v) is 6.65. The molecular weight excluding hydrogens is 412 g/mol. The molecule has 0 spiro atoms. The Morgan fingerprint density at radius 1 is 1.29 bits per heavy atom. The van der Waals surface area contributed by atoms with Gasteiger partial charge in [-0.05, 0) is 47.0 Å². The summed E-state index contributed by atoms with van der Waals surface area (Å²) in [6.07, 6.45) is 2.56. The van der Waals surface area contributed by atoms with Crippen molar-refractivity contribution in [3.8, 4) is 0 Å². The van der Waals surface area contributed by atoms with Crippen LogP contribution in [0.1, 0.15) is 38.4 Å². The molecule has 0 fully saturated rings. The van der Waals surface area contributed by atoms with Crippen LogP contribution in [-0.4, -0.2) is 63.7 Å². The minimum atomic E-state index is -0.653. The van der Waals surface area contributed by atoms with Gasteiger partial charge in [0.25, 0.3) is 5.91 Å². The number of benzene rings is 1. The van der Waals surface area contributed by atoms with Crippen LogP contribution < -0.4 is 0 Å². The Labute approximate surface area is 185 Å². The van der Waals surface area contributed by atoms with Gasteiger partial charge in [-0.3, -0.25) is 9.59 Å². The molecule has 1 aromatic carbocycles. The van der Waals surface area contributed by atoms with Gasteiger partial charge in [0, 0.05) is 29.2 Å². The predicted octanol–water partition coefficient (Wildman–Crippen LogP) is 3.77. The lowest BCUT2D eigenvalue weighted by Gasteiger charge is -2.27. The van der Waals surface area contributed by atoms with Crippen LogP contribution in [0.15, 0.2) is 41.8 Å². The van der Waals surface area contributed by atoms with E-state index in [0.29, 0.717) is 17.1 Å². The average Bonchev–Trinajstić information content (AvgIpc) is 3.37. The van der Waals surface area contributed by atoms with E-state index in [2.05, 4.69) is 9.97 Å². The molecule has 0 radical (unpaired) electrons. The number of hydrogen-bond acceptors (Lipinski definition) is 6. The number of carbonyl (C=O) groups is 2. The predicted molar refractivity (Wildman–Crippen MR) is 121 cm³/mol. The van der Waals surface area contributed by atoms with Crippen molar-refractivity contribution in [2.75, 3.05) is 27.2 Å². The van der Waals surface area contributed by atoms with E-state index >= 15 is 0 Å². The number of carbonyl (C=O) groups excluding carboxylic acids is 2. The Hall–Kier alpha value is -2.97. The lowest BCUT2D eigenvalue weighted by atomic mass is 9.94. The summed E-state index contributed by atoms with van der Waals surface area (Å²) >= 11 is 1.29. The number of fused-ring (bicyclic) bond motifs is 1. The summed E-state index contributed by atoms with van der Waals surface area (Å²) in [6.45, 7) is 4.85. The van der Waals surface area contributed by atoms with Crippen molar-refractivity contribution >= 4 is 33.9 Å². The van der Waals surface area contributed by atoms with Crippen LogP contribution in [0.5, 0.6) is 0 Å². The van der Waals surface area contributed by atoms with Crippen LogP contribution in [0.2, 0.25) is 0 Å². The number of hydrogen-bond donors (Lipinski definition) is 2. The van der Waals surface area contributed by atoms with Crippen molar-refractivity contribution in [1.29, 1.82) is 0 Å². The molecule has 2 N–H and O–H groups in total. The molecule has 1 amide bonds. The van der Waals surface area contributed by atoms with Crippen molar-refractivity contribution < 1.29 is 14.7 Å². The van der Waals surface area contributed by atoms with E-state index in [4.69, 9.17) is 0 Å². The fourth-order valence-corrected chi connectivity index (χ4v) is 5.06. The average molecular weight is 439 g/mol. The van der Waals surface area contributed by atoms with Gasteiger partial charge in [-0.1, -0.05) is 18.2 Å². The van der Waals surface area contributed by atoms with E-state index < -0.39 is 17.7 Å². The maximum atomic E-state index is 13.6. The van der Waals surface area contributed by atoms with Crippen LogP contribution in [-0.2, 0) is 4.79 Å². The number of aliphatic hydroxyl groups is 1. The van der Waals surface area contributed by atoms with Crippen LogP contribution in [0, 0.1) is 13.8 Å². The number of Topliss-reactive ketones (excluding diaryl/α,β-unsaturated/α-hetero) is 1. The minimum Gasteiger partial charge on any atom is -0.503 e. The van der Waals surface area contributed by atoms with Crippen molar-refractivity contribution in [3.05, 3.63) is 62.9 Å². The first kappa shape index (κ1) is 21.3. The second kappa shape index (κ2) is 8.28. The summed E-state index contributed by atoms with van der Waals surface area (Å²) < 4.78 is 0. The lowest BCUT2D eigenvalue weighted by molar-refractivity contribution is -0.129. The molecule has 1 aliphatic rings. The molecule has 3 heterocycles. The van der Waals surface area contributed by atoms with Gasteiger partial charge in [0.2, 0.25) is 5.78 Å². The Morgan fingerprint density at radius 2 is 2.03 bits per heavy atom. The number of H-pyrrole nitrogens is 1. The van der Waals surface area contributed by atoms with Crippen molar-refractivity contribution in [2.24, 2.45) is 0 Å². The Morgan fingerprint density at radius 3 is 2.71 bits per heavy atom. The third-order valence-electron chi connectivity index (χ3n) is 5.58. The standard InChI is InChI=1S/C23H26N4O3S/c1-13-22(31-14(2)25-13)20(28)18-19(16-12-24-17-9-6-5-8-15(16)17)27(23(30)21(18)29)11-7-10-26(3)4/h5-6,8-9,12,19,24,29H,7,10-11H2,1-4H3. The van der Waals surface area contributed by atoms with Crippen LogP contribution >= 0.6 is 11.3 Å². The van der Waals surface area contributed by atoms with Crippen molar-refractivity contribution in [1.82, 2.24) is 19.8 Å². The number of rotatable bonds is 7. The number of thiazole rings is 1. The van der Waals surface area contributed by atoms with Crippen molar-refractivity contribution in [3.63, 3.8) is 0 Å². The van der Waals surface area contributed by atoms with Gasteiger partial charge in [-0.2, -0.15) is 0 Å². The molecule has 2 aromatic heterocycles. The van der Waals surface area contributed by atoms with Gasteiger partial charge in [0.1, 0.15) is 0 Å². The summed E-state index contributed by atoms with van der Waals surface area (Å²) in [6, 6.07) is 7.12. The summed E-state index contributed by atoms with van der Waals surface area (Å²) in [5.74, 6) is -1.30. The zero-order chi connectivity index (χ0) is 22.3. The van der Waals surface area contributed by atoms with E-state index in [0.717, 1.165) is 34.4 Å². The molecule has 8 heteroatoms. The highest BCUT2D eigenvalue weighted by atomic mass is 32.1. The highest BCUT2D eigenvalue weighted by molar-refractivity contribution is 7.14. The number of aromatic amines is 1. The molecule has 4 rings (SSSR count). The summed E-state index contributed by atoms with van der Waals surface area (Å²) in [5.41, 5.74) is 2.47. The molecule has 3 aromatic rings. The van der Waals surface area contributed by atoms with E-state index in [-0.39, 0.29) is 11.4 Å². The number of aromatic nitrogens is 2. The molecule has 0 aliphatic carbocycles. The van der Waals surface area contributed by atoms with Crippen molar-refractivity contribution in [2.45, 2.75) is 26.3 Å². The monoisotopic (exact) mass is 438 g/mol. The topological polar surface area (TPSA) is 89.5 Å². The second-order valence-corrected chi connectivity index (χ2v) is 9.29. The molecule has 31 heavy (non-hydrogen) atoms. The second-order valence-electron chi connectivity index (χ2n) is 8.09. The first-order chi connectivity index (χ1) is 14.8. The highest BCUT2D eigenvalue weighted by Crippen LogP contribution is 2.42. The molecule has 1 atom stereocenters. The minimum absolute atomic E-state index is 0.131. The molecular formula is C23H26N4O3S. The smallest absolute Gasteiger partial charge is 0.290 e. The highest BCUT2D eigenvalue weighted by Gasteiger charge is 2.45. The zero-order valence-corrected chi connectivity index (χ0v) is 18.9. The summed E-state index contributed by atoms with van der Waals surface area (Å²) in [5, 5.41) is 12.5. The SMILES string of the molecule is Cc1nc(C)c(C(=O)C2=C(O)C(=O)N(CCCN(C)C)C2c2c[nH]c3ccccc23)s1. The van der Waals surface area contributed by atoms with E-state index in [9.17, 15) is 14.7 Å². The van der Waals surface area contributed by atoms with E-state index in [1.807, 2.05) is 56.4 Å². The molecule has 0 saturated carbocycles. The molecule has 1 unspecified atom stereocenters. The van der Waals surface area contributed by atoms with Gasteiger partial charge in [-0.25, -0.2) is 4.98 Å². The summed E-state index contributed by atoms with van der Waals surface area (Å²) in [7, 11) is 3.95. The first-order valence-corrected chi connectivity index (χ1v) is 11.0. The van der Waals surface area contributed by atoms with Gasteiger partial charge >= 0.3 is 0 Å². The van der Waals surface area contributed by atoms with E-state index in [1.54, 1.807) is 11.8 Å². The van der Waals surface area contributed by atoms with E-state index in [1.165, 1.54) is 11.3 Å². The van der Waals surface area contributed by atoms with Gasteiger partial charge in [0.05, 0.1) is 27.2 Å². The third kappa shape index (κ3) is 3.77. The maximum absolute atomic E-state index is 13.6. The number of amides is 1. The zero-order valence-electron chi connectivity index (χ0n) is 18.1. The molecule has 162 valence electrons.